The van der Waals surface area contributed by atoms with Gasteiger partial charge in [-0.1, -0.05) is 47.8 Å². The van der Waals surface area contributed by atoms with Crippen LogP contribution in [0.2, 0.25) is 15.1 Å². The molecular formula is C28H23Cl3N2O8S. The molecule has 1 aliphatic heterocycles. The van der Waals surface area contributed by atoms with Gasteiger partial charge in [-0.25, -0.2) is 4.79 Å². The lowest BCUT2D eigenvalue weighted by Gasteiger charge is -2.26. The highest BCUT2D eigenvalue weighted by Gasteiger charge is 2.36. The van der Waals surface area contributed by atoms with Crippen molar-refractivity contribution in [3.8, 4) is 17.2 Å². The first-order valence-electron chi connectivity index (χ1n) is 12.3. The molecule has 1 N–H and O–H groups in total. The number of amides is 4. The largest absolute Gasteiger partial charge is 0.493 e. The van der Waals surface area contributed by atoms with Gasteiger partial charge in [-0.3, -0.25) is 19.8 Å². The average molecular weight is 654 g/mol. The zero-order valence-corrected chi connectivity index (χ0v) is 25.2. The topological polar surface area (TPSA) is 128 Å². The molecule has 4 amide bonds. The van der Waals surface area contributed by atoms with Gasteiger partial charge in [-0.15, -0.1) is 0 Å². The monoisotopic (exact) mass is 652 g/mol. The number of imide groups is 2. The Morgan fingerprint density at radius 1 is 0.929 bits per heavy atom. The average Bonchev–Trinajstić information content (AvgIpc) is 2.94. The Hall–Kier alpha value is -3.77. The maximum Gasteiger partial charge on any atom is 0.339 e. The van der Waals surface area contributed by atoms with Crippen molar-refractivity contribution in [3.05, 3.63) is 86.4 Å². The van der Waals surface area contributed by atoms with Crippen LogP contribution in [0.3, 0.4) is 0 Å². The van der Waals surface area contributed by atoms with Crippen LogP contribution in [0.1, 0.15) is 24.5 Å². The molecular weight excluding hydrogens is 631 g/mol. The maximum absolute atomic E-state index is 13.4. The van der Waals surface area contributed by atoms with E-state index in [1.54, 1.807) is 18.2 Å². The van der Waals surface area contributed by atoms with E-state index >= 15 is 0 Å². The van der Waals surface area contributed by atoms with Gasteiger partial charge >= 0.3 is 16.1 Å². The first-order chi connectivity index (χ1) is 19.9. The second-order valence-electron chi connectivity index (χ2n) is 8.84. The molecule has 14 heteroatoms. The van der Waals surface area contributed by atoms with Crippen molar-refractivity contribution in [3.63, 3.8) is 0 Å². The number of halogens is 3. The standard InChI is InChI=1S/C28H23Cl3N2O8S/c1-3-10-40-23-9-4-16(11-24(23)39-2)15-33-27(35)21(26(34)32-28(33)36)13-17-12-19(30)14-22(31)25(17)41-42(37,38)20-7-5-18(29)6-8-20/h4-9,11-14H,3,10,15H2,1-2H3,(H,32,34,36)/b21-13+. The highest BCUT2D eigenvalue weighted by atomic mass is 35.5. The second-order valence-corrected chi connectivity index (χ2v) is 11.7. The number of carbonyl (C=O) groups excluding carboxylic acids is 3. The minimum absolute atomic E-state index is 0.0668. The Labute approximate surface area is 256 Å². The number of benzene rings is 3. The number of rotatable bonds is 10. The number of barbiturate groups is 1. The number of ether oxygens (including phenoxy) is 2. The molecule has 42 heavy (non-hydrogen) atoms. The van der Waals surface area contributed by atoms with E-state index < -0.39 is 33.5 Å². The molecule has 4 rings (SSSR count). The van der Waals surface area contributed by atoms with Crippen molar-refractivity contribution >= 4 is 68.8 Å². The molecule has 1 fully saturated rings. The van der Waals surface area contributed by atoms with Crippen molar-refractivity contribution in [1.29, 1.82) is 0 Å². The van der Waals surface area contributed by atoms with Gasteiger partial charge in [0.1, 0.15) is 10.5 Å². The number of urea groups is 1. The van der Waals surface area contributed by atoms with Gasteiger partial charge in [-0.05, 0) is 66.6 Å². The third-order valence-corrected chi connectivity index (χ3v) is 7.84. The molecule has 1 aliphatic rings. The Balaban J connectivity index is 1.68. The summed E-state index contributed by atoms with van der Waals surface area (Å²) < 4.78 is 42.2. The van der Waals surface area contributed by atoms with Gasteiger partial charge < -0.3 is 13.7 Å². The molecule has 0 atom stereocenters. The van der Waals surface area contributed by atoms with Crippen LogP contribution < -0.4 is 19.0 Å². The molecule has 3 aromatic rings. The summed E-state index contributed by atoms with van der Waals surface area (Å²) in [4.78, 5) is 39.4. The Morgan fingerprint density at radius 3 is 2.31 bits per heavy atom. The molecule has 0 aliphatic carbocycles. The van der Waals surface area contributed by atoms with Gasteiger partial charge in [0.05, 0.1) is 25.3 Å². The minimum atomic E-state index is -4.42. The summed E-state index contributed by atoms with van der Waals surface area (Å²) in [6.07, 6.45) is 1.83. The fraction of sp³-hybridized carbons (Fsp3) is 0.179. The molecule has 0 bridgehead atoms. The zero-order valence-electron chi connectivity index (χ0n) is 22.2. The number of nitrogens with zero attached hydrogens (tertiary/aromatic N) is 1. The van der Waals surface area contributed by atoms with Crippen LogP contribution in [-0.4, -0.2) is 44.9 Å². The normalized spacial score (nSPS) is 14.6. The SMILES string of the molecule is CCCOc1ccc(CN2C(=O)NC(=O)/C(=C\c3cc(Cl)cc(Cl)c3OS(=O)(=O)c3ccc(Cl)cc3)C2=O)cc1OC. The van der Waals surface area contributed by atoms with Gasteiger partial charge in [0, 0.05) is 15.6 Å². The summed E-state index contributed by atoms with van der Waals surface area (Å²) in [5, 5.41) is 2.28. The fourth-order valence-electron chi connectivity index (χ4n) is 3.85. The van der Waals surface area contributed by atoms with Crippen LogP contribution >= 0.6 is 34.8 Å². The number of carbonyl (C=O) groups is 3. The van der Waals surface area contributed by atoms with E-state index in [9.17, 15) is 22.8 Å². The van der Waals surface area contributed by atoms with Crippen LogP contribution in [0.5, 0.6) is 17.2 Å². The summed E-state index contributed by atoms with van der Waals surface area (Å²) >= 11 is 18.3. The van der Waals surface area contributed by atoms with Crippen LogP contribution in [0, 0.1) is 0 Å². The van der Waals surface area contributed by atoms with Gasteiger partial charge in [0.15, 0.2) is 17.2 Å². The maximum atomic E-state index is 13.4. The molecule has 0 spiro atoms. The highest BCUT2D eigenvalue weighted by molar-refractivity contribution is 7.87. The van der Waals surface area contributed by atoms with E-state index in [0.29, 0.717) is 28.7 Å². The van der Waals surface area contributed by atoms with E-state index in [0.717, 1.165) is 17.4 Å². The first-order valence-corrected chi connectivity index (χ1v) is 14.9. The molecule has 0 radical (unpaired) electrons. The third kappa shape index (κ3) is 6.99. The lowest BCUT2D eigenvalue weighted by Crippen LogP contribution is -2.53. The number of hydrogen-bond acceptors (Lipinski definition) is 8. The van der Waals surface area contributed by atoms with Gasteiger partial charge in [0.25, 0.3) is 11.8 Å². The third-order valence-electron chi connectivity index (χ3n) is 5.85. The summed E-state index contributed by atoms with van der Waals surface area (Å²) in [6.45, 7) is 2.21. The smallest absolute Gasteiger partial charge is 0.339 e. The van der Waals surface area contributed by atoms with Crippen LogP contribution in [0.15, 0.2) is 65.1 Å². The lowest BCUT2D eigenvalue weighted by atomic mass is 10.1. The summed E-state index contributed by atoms with van der Waals surface area (Å²) in [5.41, 5.74) is -0.0785. The fourth-order valence-corrected chi connectivity index (χ4v) is 5.54. The van der Waals surface area contributed by atoms with Crippen molar-refractivity contribution in [1.82, 2.24) is 10.2 Å². The van der Waals surface area contributed by atoms with Crippen molar-refractivity contribution in [2.75, 3.05) is 13.7 Å². The quantitative estimate of drug-likeness (QED) is 0.163. The van der Waals surface area contributed by atoms with E-state index in [2.05, 4.69) is 5.32 Å². The van der Waals surface area contributed by atoms with E-state index in [-0.39, 0.29) is 32.8 Å². The second kappa shape index (κ2) is 13.0. The summed E-state index contributed by atoms with van der Waals surface area (Å²) in [5.74, 6) is -1.46. The zero-order chi connectivity index (χ0) is 30.6. The summed E-state index contributed by atoms with van der Waals surface area (Å²) in [6, 6.07) is 11.6. The van der Waals surface area contributed by atoms with Crippen molar-refractivity contribution in [2.45, 2.75) is 24.8 Å². The number of hydrogen-bond donors (Lipinski definition) is 1. The Morgan fingerprint density at radius 2 is 1.64 bits per heavy atom. The van der Waals surface area contributed by atoms with Crippen LogP contribution in [-0.2, 0) is 26.3 Å². The molecule has 1 heterocycles. The van der Waals surface area contributed by atoms with E-state index in [1.165, 1.54) is 43.5 Å². The Bertz CT molecular complexity index is 1690. The number of nitrogens with one attached hydrogen (secondary N) is 1. The van der Waals surface area contributed by atoms with E-state index in [1.807, 2.05) is 6.92 Å². The minimum Gasteiger partial charge on any atom is -0.493 e. The Kier molecular flexibility index (Phi) is 9.67. The molecule has 1 saturated heterocycles. The predicted molar refractivity (Wildman–Crippen MR) is 157 cm³/mol. The van der Waals surface area contributed by atoms with Crippen molar-refractivity contribution < 1.29 is 36.5 Å². The molecule has 0 unspecified atom stereocenters. The molecule has 10 nitrogen and oxygen atoms in total. The van der Waals surface area contributed by atoms with Gasteiger partial charge in [-0.2, -0.15) is 8.42 Å². The highest BCUT2D eigenvalue weighted by Crippen LogP contribution is 2.37. The molecule has 0 saturated carbocycles. The predicted octanol–water partition coefficient (Wildman–Crippen LogP) is 5.87. The lowest BCUT2D eigenvalue weighted by molar-refractivity contribution is -0.130. The number of methoxy groups -OCH3 is 1. The molecule has 220 valence electrons. The van der Waals surface area contributed by atoms with Crippen molar-refractivity contribution in [2.24, 2.45) is 0 Å². The van der Waals surface area contributed by atoms with E-state index in [4.69, 9.17) is 48.5 Å². The first kappa shape index (κ1) is 31.2. The summed E-state index contributed by atoms with van der Waals surface area (Å²) in [7, 11) is -2.96. The molecule has 0 aromatic heterocycles. The van der Waals surface area contributed by atoms with Crippen LogP contribution in [0.25, 0.3) is 6.08 Å². The van der Waals surface area contributed by atoms with Crippen LogP contribution in [0.4, 0.5) is 4.79 Å². The molecule has 3 aromatic carbocycles. The van der Waals surface area contributed by atoms with Gasteiger partial charge in [0.2, 0.25) is 0 Å².